The molecule has 5 heteroatoms. The van der Waals surface area contributed by atoms with Crippen LogP contribution in [0, 0.1) is 0 Å². The van der Waals surface area contributed by atoms with Crippen molar-refractivity contribution in [2.75, 3.05) is 7.11 Å². The van der Waals surface area contributed by atoms with Crippen molar-refractivity contribution in [1.29, 1.82) is 0 Å². The Hall–Kier alpha value is -3.83. The summed E-state index contributed by atoms with van der Waals surface area (Å²) in [4.78, 5) is 12.0. The Morgan fingerprint density at radius 1 is 0.875 bits per heavy atom. The normalized spacial score (nSPS) is 17.9. The van der Waals surface area contributed by atoms with Crippen LogP contribution >= 0.6 is 0 Å². The second kappa shape index (κ2) is 7.70. The Morgan fingerprint density at radius 3 is 2.47 bits per heavy atom. The first-order valence-corrected chi connectivity index (χ1v) is 10.9. The number of aromatic amines is 2. The summed E-state index contributed by atoms with van der Waals surface area (Å²) in [5.74, 6) is 1.81. The molecule has 2 aromatic heterocycles. The number of H-pyrrole nitrogens is 2. The molecule has 1 aliphatic rings. The van der Waals surface area contributed by atoms with E-state index in [4.69, 9.17) is 9.72 Å². The number of benzene rings is 3. The number of hydrogen-bond acceptors (Lipinski definition) is 3. The van der Waals surface area contributed by atoms with Gasteiger partial charge in [-0.15, -0.1) is 0 Å². The van der Waals surface area contributed by atoms with E-state index in [2.05, 4.69) is 63.8 Å². The molecule has 3 aromatic carbocycles. The maximum Gasteiger partial charge on any atom is 0.124 e. The van der Waals surface area contributed by atoms with Crippen LogP contribution in [0.5, 0.6) is 5.75 Å². The first-order valence-electron chi connectivity index (χ1n) is 10.9. The fourth-order valence-electron chi connectivity index (χ4n) is 4.75. The molecule has 0 bridgehead atoms. The topological polar surface area (TPSA) is 65.7 Å². The van der Waals surface area contributed by atoms with Crippen LogP contribution in [0.4, 0.5) is 0 Å². The molecule has 2 atom stereocenters. The van der Waals surface area contributed by atoms with Crippen molar-refractivity contribution in [3.8, 4) is 17.0 Å². The third-order valence-electron chi connectivity index (χ3n) is 6.37. The highest BCUT2D eigenvalue weighted by molar-refractivity contribution is 5.85. The maximum atomic E-state index is 5.37. The van der Waals surface area contributed by atoms with Gasteiger partial charge in [-0.1, -0.05) is 60.7 Å². The summed E-state index contributed by atoms with van der Waals surface area (Å²) < 4.78 is 5.37. The summed E-state index contributed by atoms with van der Waals surface area (Å²) >= 11 is 0. The van der Waals surface area contributed by atoms with E-state index in [1.807, 2.05) is 36.5 Å². The zero-order valence-electron chi connectivity index (χ0n) is 17.8. The van der Waals surface area contributed by atoms with Crippen LogP contribution in [0.1, 0.15) is 34.7 Å². The molecule has 0 saturated heterocycles. The molecule has 32 heavy (non-hydrogen) atoms. The van der Waals surface area contributed by atoms with E-state index < -0.39 is 0 Å². The standard InChI is InChI=1S/C27H24N4O/c1-32-19-13-11-18(12-14-19)25-26-21(20-9-5-6-10-22(20)29-26)15-23(30-25)27-28-16-24(31-27)17-7-3-2-4-8-17/h2-14,16,23,25,29-30H,15H2,1H3,(H,28,31)/t23-,25?/m1/s1. The molecule has 3 heterocycles. The minimum atomic E-state index is 0.0346. The fraction of sp³-hybridized carbons (Fsp3) is 0.148. The number of nitrogens with one attached hydrogen (secondary N) is 3. The van der Waals surface area contributed by atoms with Gasteiger partial charge in [-0.2, -0.15) is 0 Å². The average molecular weight is 421 g/mol. The van der Waals surface area contributed by atoms with Crippen LogP contribution in [0.2, 0.25) is 0 Å². The van der Waals surface area contributed by atoms with E-state index in [-0.39, 0.29) is 12.1 Å². The lowest BCUT2D eigenvalue weighted by molar-refractivity contribution is 0.412. The molecule has 0 spiro atoms. The largest absolute Gasteiger partial charge is 0.497 e. The molecule has 1 aliphatic heterocycles. The van der Waals surface area contributed by atoms with Gasteiger partial charge in [0.05, 0.1) is 31.1 Å². The molecule has 1 unspecified atom stereocenters. The maximum absolute atomic E-state index is 5.37. The van der Waals surface area contributed by atoms with Gasteiger partial charge in [-0.25, -0.2) is 4.98 Å². The third-order valence-corrected chi connectivity index (χ3v) is 6.37. The minimum absolute atomic E-state index is 0.0346. The van der Waals surface area contributed by atoms with Gasteiger partial charge >= 0.3 is 0 Å². The molecule has 0 fully saturated rings. The van der Waals surface area contributed by atoms with Crippen LogP contribution in [-0.4, -0.2) is 22.1 Å². The predicted octanol–water partition coefficient (Wildman–Crippen LogP) is 5.54. The number of rotatable bonds is 4. The number of methoxy groups -OCH3 is 1. The van der Waals surface area contributed by atoms with Gasteiger partial charge < -0.3 is 14.7 Å². The zero-order chi connectivity index (χ0) is 21.5. The number of aromatic nitrogens is 3. The molecule has 0 aliphatic carbocycles. The first-order chi connectivity index (χ1) is 15.8. The SMILES string of the molecule is COc1ccc(C2N[C@@H](c3ncc(-c4ccccc4)[nH]3)Cc3c2[nH]c2ccccc32)cc1. The van der Waals surface area contributed by atoms with Crippen LogP contribution in [-0.2, 0) is 6.42 Å². The lowest BCUT2D eigenvalue weighted by Crippen LogP contribution is -2.34. The summed E-state index contributed by atoms with van der Waals surface area (Å²) in [6.45, 7) is 0. The lowest BCUT2D eigenvalue weighted by Gasteiger charge is -2.31. The number of nitrogens with zero attached hydrogens (tertiary/aromatic N) is 1. The highest BCUT2D eigenvalue weighted by Gasteiger charge is 2.32. The molecule has 158 valence electrons. The summed E-state index contributed by atoms with van der Waals surface area (Å²) in [5, 5.41) is 5.12. The zero-order valence-corrected chi connectivity index (χ0v) is 17.8. The lowest BCUT2D eigenvalue weighted by atomic mass is 9.90. The van der Waals surface area contributed by atoms with Gasteiger partial charge in [0.2, 0.25) is 0 Å². The monoisotopic (exact) mass is 420 g/mol. The fourth-order valence-corrected chi connectivity index (χ4v) is 4.75. The smallest absolute Gasteiger partial charge is 0.124 e. The van der Waals surface area contributed by atoms with E-state index in [1.54, 1.807) is 7.11 Å². The average Bonchev–Trinajstić information content (AvgIpc) is 3.49. The Labute approximate surface area is 186 Å². The molecule has 0 saturated carbocycles. The summed E-state index contributed by atoms with van der Waals surface area (Å²) in [5.41, 5.74) is 7.11. The van der Waals surface area contributed by atoms with Crippen molar-refractivity contribution in [2.24, 2.45) is 0 Å². The van der Waals surface area contributed by atoms with Crippen molar-refractivity contribution >= 4 is 10.9 Å². The van der Waals surface area contributed by atoms with Gasteiger partial charge in [0.15, 0.2) is 0 Å². The van der Waals surface area contributed by atoms with Crippen molar-refractivity contribution in [1.82, 2.24) is 20.3 Å². The Balaban J connectivity index is 1.43. The van der Waals surface area contributed by atoms with E-state index in [0.29, 0.717) is 0 Å². The van der Waals surface area contributed by atoms with Gasteiger partial charge in [0.1, 0.15) is 11.6 Å². The second-order valence-electron chi connectivity index (χ2n) is 8.24. The molecule has 5 aromatic rings. The highest BCUT2D eigenvalue weighted by atomic mass is 16.5. The van der Waals surface area contributed by atoms with Gasteiger partial charge in [0.25, 0.3) is 0 Å². The highest BCUT2D eigenvalue weighted by Crippen LogP contribution is 2.39. The summed E-state index contributed by atoms with van der Waals surface area (Å²) in [6.07, 6.45) is 2.80. The van der Waals surface area contributed by atoms with Crippen molar-refractivity contribution in [2.45, 2.75) is 18.5 Å². The molecule has 0 amide bonds. The Morgan fingerprint density at radius 2 is 1.66 bits per heavy atom. The summed E-state index contributed by atoms with van der Waals surface area (Å²) in [7, 11) is 1.70. The van der Waals surface area contributed by atoms with Gasteiger partial charge in [-0.05, 0) is 41.3 Å². The second-order valence-corrected chi connectivity index (χ2v) is 8.24. The summed E-state index contributed by atoms with van der Waals surface area (Å²) in [6, 6.07) is 27.3. The van der Waals surface area contributed by atoms with Crippen molar-refractivity contribution in [3.05, 3.63) is 108 Å². The van der Waals surface area contributed by atoms with E-state index in [0.717, 1.165) is 29.3 Å². The molecule has 3 N–H and O–H groups in total. The van der Waals surface area contributed by atoms with E-state index >= 15 is 0 Å². The van der Waals surface area contributed by atoms with E-state index in [1.165, 1.54) is 27.7 Å². The Kier molecular flexibility index (Phi) is 4.55. The van der Waals surface area contributed by atoms with Gasteiger partial charge in [-0.3, -0.25) is 5.32 Å². The van der Waals surface area contributed by atoms with Crippen LogP contribution in [0.25, 0.3) is 22.2 Å². The quantitative estimate of drug-likeness (QED) is 0.357. The first kappa shape index (κ1) is 18.9. The van der Waals surface area contributed by atoms with Crippen LogP contribution < -0.4 is 10.1 Å². The van der Waals surface area contributed by atoms with Crippen LogP contribution in [0.15, 0.2) is 85.1 Å². The molecular weight excluding hydrogens is 396 g/mol. The van der Waals surface area contributed by atoms with E-state index in [9.17, 15) is 0 Å². The number of para-hydroxylation sites is 1. The number of fused-ring (bicyclic) bond motifs is 3. The number of imidazole rings is 1. The number of hydrogen-bond donors (Lipinski definition) is 3. The van der Waals surface area contributed by atoms with Gasteiger partial charge in [0, 0.05) is 16.6 Å². The third kappa shape index (κ3) is 3.18. The van der Waals surface area contributed by atoms with Crippen molar-refractivity contribution < 1.29 is 4.74 Å². The molecule has 5 nitrogen and oxygen atoms in total. The van der Waals surface area contributed by atoms with Crippen molar-refractivity contribution in [3.63, 3.8) is 0 Å². The predicted molar refractivity (Wildman–Crippen MR) is 127 cm³/mol. The number of ether oxygens (including phenoxy) is 1. The molecule has 0 radical (unpaired) electrons. The minimum Gasteiger partial charge on any atom is -0.497 e. The van der Waals surface area contributed by atoms with Crippen LogP contribution in [0.3, 0.4) is 0 Å². The molecule has 6 rings (SSSR count). The molecular formula is C27H24N4O. The Bertz CT molecular complexity index is 1370.